The molecule has 0 unspecified atom stereocenters. The molecule has 134 heavy (non-hydrogen) atoms. The number of carbonyl (C=O) groups is 19. The number of aromatic nitrogens is 2. The number of aliphatic carboxylic acids is 1. The highest BCUT2D eigenvalue weighted by atomic mass is 32.1. The van der Waals surface area contributed by atoms with Crippen molar-refractivity contribution >= 4 is 159 Å². The summed E-state index contributed by atoms with van der Waals surface area (Å²) >= 11 is 8.33. The van der Waals surface area contributed by atoms with Crippen molar-refractivity contribution in [1.29, 1.82) is 0 Å². The van der Waals surface area contributed by atoms with E-state index in [2.05, 4.69) is 120 Å². The van der Waals surface area contributed by atoms with Gasteiger partial charge in [-0.25, -0.2) is 0 Å². The second-order valence-corrected chi connectivity index (χ2v) is 35.4. The fraction of sp³-hybridized carbons (Fsp3) is 0.539. The van der Waals surface area contributed by atoms with Gasteiger partial charge in [-0.3, -0.25) is 91.1 Å². The van der Waals surface area contributed by atoms with Crippen molar-refractivity contribution < 1.29 is 106 Å². The molecule has 2 aromatic heterocycles. The Morgan fingerprint density at radius 3 is 1.35 bits per heavy atom. The predicted octanol–water partition coefficient (Wildman–Crippen LogP) is -3.94. The molecule has 1 aliphatic rings. The van der Waals surface area contributed by atoms with Crippen molar-refractivity contribution in [3.8, 4) is 0 Å². The first-order valence-electron chi connectivity index (χ1n) is 44.3. The van der Waals surface area contributed by atoms with Crippen molar-refractivity contribution in [1.82, 2.24) is 99.9 Å². The molecule has 0 radical (unpaired) electrons. The number of hydrogen-bond donors (Lipinski definition) is 25. The Balaban J connectivity index is 1.09. The van der Waals surface area contributed by atoms with Crippen LogP contribution in [0.3, 0.4) is 0 Å². The first kappa shape index (κ1) is 110. The summed E-state index contributed by atoms with van der Waals surface area (Å²) in [7, 11) is 0. The maximum Gasteiger partial charge on any atom is 0.325 e. The number of carbonyl (C=O) groups excluding carboxylic acids is 18. The van der Waals surface area contributed by atoms with Gasteiger partial charge in [0.15, 0.2) is 0 Å². The fourth-order valence-corrected chi connectivity index (χ4v) is 15.1. The number of aromatic amines is 2. The van der Waals surface area contributed by atoms with Crippen LogP contribution in [0.1, 0.15) is 138 Å². The number of nitrogens with one attached hydrogen (secondary N) is 18. The molecule has 18 amide bonds. The Bertz CT molecular complexity index is 4950. The van der Waals surface area contributed by atoms with E-state index in [4.69, 9.17) is 11.5 Å². The molecular formula is C89H129N21O22S2. The molecule has 0 spiro atoms. The van der Waals surface area contributed by atoms with Crippen molar-refractivity contribution in [2.45, 2.75) is 237 Å². The van der Waals surface area contributed by atoms with Gasteiger partial charge in [0.25, 0.3) is 0 Å². The number of aliphatic hydroxyl groups excluding tert-OH is 2. The fourth-order valence-electron chi connectivity index (χ4n) is 14.6. The number of amides is 18. The van der Waals surface area contributed by atoms with Gasteiger partial charge in [-0.15, -0.1) is 0 Å². The molecule has 3 aromatic carbocycles. The summed E-state index contributed by atoms with van der Waals surface area (Å²) in [5.41, 5.74) is 14.4. The third kappa shape index (κ3) is 34.7. The number of hydrogen-bond acceptors (Lipinski definition) is 24. The van der Waals surface area contributed by atoms with Crippen molar-refractivity contribution in [2.75, 3.05) is 44.3 Å². The maximum absolute atomic E-state index is 15.0. The van der Waals surface area contributed by atoms with Crippen molar-refractivity contribution in [3.05, 3.63) is 108 Å². The minimum absolute atomic E-state index is 0.00204. The third-order valence-corrected chi connectivity index (χ3v) is 22.5. The summed E-state index contributed by atoms with van der Waals surface area (Å²) in [5, 5.41) is 72.3. The summed E-state index contributed by atoms with van der Waals surface area (Å²) in [5.74, 6) is -19.2. The molecule has 43 nitrogen and oxygen atoms in total. The second-order valence-electron chi connectivity index (χ2n) is 34.7. The highest BCUT2D eigenvalue weighted by molar-refractivity contribution is 7.80. The number of carboxylic acid groups (broad SMARTS) is 1. The van der Waals surface area contributed by atoms with Gasteiger partial charge in [-0.1, -0.05) is 122 Å². The van der Waals surface area contributed by atoms with Crippen LogP contribution in [0.4, 0.5) is 0 Å². The number of nitrogens with two attached hydrogens (primary N) is 2. The lowest BCUT2D eigenvalue weighted by Crippen LogP contribution is -2.62. The number of para-hydroxylation sites is 2. The normalized spacial score (nSPS) is 15.9. The summed E-state index contributed by atoms with van der Waals surface area (Å²) in [6, 6.07) is 1.43. The van der Waals surface area contributed by atoms with E-state index in [-0.39, 0.29) is 87.2 Å². The second kappa shape index (κ2) is 53.8. The zero-order valence-corrected chi connectivity index (χ0v) is 78.6. The first-order valence-corrected chi connectivity index (χ1v) is 45.6. The van der Waals surface area contributed by atoms with Gasteiger partial charge in [0.2, 0.25) is 106 Å². The van der Waals surface area contributed by atoms with E-state index >= 15 is 0 Å². The highest BCUT2D eigenvalue weighted by Crippen LogP contribution is 2.24. The van der Waals surface area contributed by atoms with Gasteiger partial charge in [0.1, 0.15) is 84.6 Å². The minimum Gasteiger partial charge on any atom is -0.480 e. The van der Waals surface area contributed by atoms with E-state index < -0.39 is 254 Å². The molecule has 25 N–H and O–H groups in total. The average Bonchev–Trinajstić information content (AvgIpc) is 1.66. The van der Waals surface area contributed by atoms with Crippen molar-refractivity contribution in [2.24, 2.45) is 35.1 Å². The van der Waals surface area contributed by atoms with Crippen LogP contribution >= 0.6 is 25.3 Å². The van der Waals surface area contributed by atoms with Crippen LogP contribution in [-0.2, 0) is 110 Å². The number of rotatable bonds is 54. The molecule has 16 atom stereocenters. The van der Waals surface area contributed by atoms with Crippen LogP contribution < -0.4 is 96.5 Å². The molecule has 1 fully saturated rings. The SMILES string of the molecule is CC(C)C[C@H](NC(=O)[C@H](CO)NC(=O)[C@H](CCC(N)=O)NC(=O)[C@H](CS)NC(=O)[C@@H](N)CC(C)C)C(=O)NCC(=O)N[C@H](C(=O)N[C@H](C(=O)N[C@@H](Cc1ccccc1)C(=O)N1CCC[C@H]1C(=O)NCC(=O)N[C@@H](Cc1c[nH]c2ccccc12)C(=O)N[C@@H](CC(C)C)C(=O)N[C@@H](C)C(=O)NCC(=O)N[C@@H](Cc1c[nH]c2ccccc12)C(=O)N[C@@H](CS)C(=O)N[C@@H](C)C(=O)O)[C@@H](C)O)C(C)C. The lowest BCUT2D eigenvalue weighted by molar-refractivity contribution is -0.142. The maximum atomic E-state index is 15.0. The van der Waals surface area contributed by atoms with E-state index in [0.717, 1.165) is 5.52 Å². The summed E-state index contributed by atoms with van der Waals surface area (Å²) in [6.07, 6.45) is 0.866. The van der Waals surface area contributed by atoms with Crippen LogP contribution in [0.25, 0.3) is 21.8 Å². The topological polar surface area (TPSA) is 664 Å². The van der Waals surface area contributed by atoms with Gasteiger partial charge in [0, 0.05) is 77.9 Å². The van der Waals surface area contributed by atoms with Gasteiger partial charge < -0.3 is 127 Å². The lowest BCUT2D eigenvalue weighted by Gasteiger charge is -2.31. The van der Waals surface area contributed by atoms with E-state index in [1.165, 1.54) is 39.5 Å². The number of H-pyrrole nitrogens is 2. The standard InChI is InChI=1S/C89H129N21O22S2/c1-44(2)30-56(90)76(118)106-67(43-134)84(126)101-59(27-28-69(91)113)78(120)105-65(41-111)82(124)102-60(31-45(3)4)77(119)95-40-72(116)108-73(47(7)8)86(128)109-74(50(11)112)87(129)104-64(33-51-20-13-12-14-21-51)88(130)110-29-19-26-68(110)85(127)96-39-71(115)99-62(34-52-36-92-57-24-17-15-22-54(52)57)80(122)103-61(32-46(5)6)79(121)97-48(9)75(117)94-38-70(114)100-63(35-53-37-93-58-25-18-16-23-55(53)58)81(123)107-66(42-133)83(125)98-49(10)89(131)132/h12-18,20-25,36-37,44-50,56,59-68,73-74,92-93,111-112,133-134H,19,26-35,38-43,90H2,1-11H3,(H2,91,113)(H,94,117)(H,95,119)(H,96,127)(H,97,121)(H,98,125)(H,99,115)(H,100,114)(H,101,126)(H,102,124)(H,103,122)(H,104,129)(H,105,120)(H,106,118)(H,107,123)(H,108,116)(H,109,128)(H,131,132)/t48-,49-,50+,56-,59-,60-,61-,62-,63-,64-,65-,66-,67-,68-,73-,74-/m0/s1. The van der Waals surface area contributed by atoms with Crippen molar-refractivity contribution in [3.63, 3.8) is 0 Å². The molecule has 1 saturated heterocycles. The first-order chi connectivity index (χ1) is 63.3. The number of thiol groups is 2. The van der Waals surface area contributed by atoms with E-state index in [9.17, 15) is 106 Å². The summed E-state index contributed by atoms with van der Waals surface area (Å²) < 4.78 is 0. The monoisotopic (exact) mass is 1910 g/mol. The molecule has 3 heterocycles. The molecule has 734 valence electrons. The quantitative estimate of drug-likeness (QED) is 0.0165. The Labute approximate surface area is 786 Å². The Kier molecular flexibility index (Phi) is 44.2. The molecule has 0 saturated carbocycles. The van der Waals surface area contributed by atoms with Crippen LogP contribution in [0, 0.1) is 23.7 Å². The molecule has 1 aliphatic heterocycles. The Morgan fingerprint density at radius 1 is 0.433 bits per heavy atom. The summed E-state index contributed by atoms with van der Waals surface area (Å²) in [6.45, 7) is 14.1. The Hall–Kier alpha value is -12.8. The molecule has 45 heteroatoms. The number of primary amides is 1. The number of likely N-dealkylation sites (tertiary alicyclic amines) is 1. The molecule has 6 rings (SSSR count). The number of benzene rings is 3. The molecule has 0 aliphatic carbocycles. The van der Waals surface area contributed by atoms with E-state index in [1.54, 1.807) is 119 Å². The number of carboxylic acids is 1. The van der Waals surface area contributed by atoms with Gasteiger partial charge >= 0.3 is 5.97 Å². The summed E-state index contributed by atoms with van der Waals surface area (Å²) in [4.78, 5) is 268. The Morgan fingerprint density at radius 2 is 0.851 bits per heavy atom. The highest BCUT2D eigenvalue weighted by Gasteiger charge is 2.42. The van der Waals surface area contributed by atoms with E-state index in [1.807, 2.05) is 13.8 Å². The number of fused-ring (bicyclic) bond motifs is 2. The van der Waals surface area contributed by atoms with Crippen LogP contribution in [0.5, 0.6) is 0 Å². The van der Waals surface area contributed by atoms with Gasteiger partial charge in [-0.2, -0.15) is 25.3 Å². The minimum atomic E-state index is -1.81. The van der Waals surface area contributed by atoms with Gasteiger partial charge in [-0.05, 0) is 112 Å². The van der Waals surface area contributed by atoms with Crippen LogP contribution in [-0.4, -0.2) is 284 Å². The predicted molar refractivity (Wildman–Crippen MR) is 498 cm³/mol. The van der Waals surface area contributed by atoms with Gasteiger partial charge in [0.05, 0.1) is 38.4 Å². The smallest absolute Gasteiger partial charge is 0.325 e. The zero-order chi connectivity index (χ0) is 99.5. The average molecular weight is 1910 g/mol. The third-order valence-electron chi connectivity index (χ3n) is 21.8. The largest absolute Gasteiger partial charge is 0.480 e. The number of aliphatic hydroxyl groups is 2. The molecule has 0 bridgehead atoms. The van der Waals surface area contributed by atoms with Crippen LogP contribution in [0.15, 0.2) is 91.3 Å². The number of nitrogens with zero attached hydrogens (tertiary/aromatic N) is 1. The van der Waals surface area contributed by atoms with E-state index in [0.29, 0.717) is 33.0 Å². The zero-order valence-electron chi connectivity index (χ0n) is 76.8. The molecule has 5 aromatic rings. The lowest BCUT2D eigenvalue weighted by atomic mass is 10.0. The molecular weight excluding hydrogens is 1780 g/mol. The van der Waals surface area contributed by atoms with Crippen LogP contribution in [0.2, 0.25) is 0 Å².